The van der Waals surface area contributed by atoms with Gasteiger partial charge in [0.25, 0.3) is 0 Å². The predicted molar refractivity (Wildman–Crippen MR) is 288 cm³/mol. The third-order valence-corrected chi connectivity index (χ3v) is 14.0. The van der Waals surface area contributed by atoms with Gasteiger partial charge in [-0.3, -0.25) is 0 Å². The van der Waals surface area contributed by atoms with Gasteiger partial charge in [-0.05, 0) is 97.7 Å². The van der Waals surface area contributed by atoms with Crippen molar-refractivity contribution in [3.8, 4) is 28.4 Å². The number of fused-ring (bicyclic) bond motifs is 3. The Bertz CT molecular complexity index is 3360. The second-order valence-electron chi connectivity index (χ2n) is 21.6. The number of pyridine rings is 1. The minimum Gasteiger partial charge on any atom is -0.509 e. The number of ether oxygens (including phenoxy) is 1. The summed E-state index contributed by atoms with van der Waals surface area (Å²) in [4.78, 5) is 9.36. The SMILES string of the molecule is CC(C)(C)c1cc(N2C=CN(c3[c-]c(Oc4[c-]c5c(c(C(C)(C)c6ccccc6)c4)c4ccccc4n5-c4cc(C(C)(C)C)ccn4)cc(-c4ccccc4)c3)[CH-]2)cc(C(C)(C)c2ccccc2)c1.[Pt]. The van der Waals surface area contributed by atoms with Crippen molar-refractivity contribution in [3.05, 3.63) is 235 Å². The molecule has 70 heavy (non-hydrogen) atoms. The van der Waals surface area contributed by atoms with Gasteiger partial charge in [-0.25, -0.2) is 4.98 Å². The average molecular weight is 1100 g/mol. The summed E-state index contributed by atoms with van der Waals surface area (Å²) < 4.78 is 9.38. The summed E-state index contributed by atoms with van der Waals surface area (Å²) in [5.74, 6) is 2.03. The maximum Gasteiger partial charge on any atom is 0.135 e. The molecule has 9 aromatic rings. The number of rotatable bonds is 10. The van der Waals surface area contributed by atoms with Gasteiger partial charge in [-0.2, -0.15) is 0 Å². The summed E-state index contributed by atoms with van der Waals surface area (Å²) in [6.45, 7) is 25.0. The smallest absolute Gasteiger partial charge is 0.135 e. The van der Waals surface area contributed by atoms with Crippen molar-refractivity contribution in [3.63, 3.8) is 0 Å². The van der Waals surface area contributed by atoms with Crippen LogP contribution in [0.2, 0.25) is 0 Å². The van der Waals surface area contributed by atoms with Crippen LogP contribution in [0, 0.1) is 18.8 Å². The van der Waals surface area contributed by atoms with Crippen LogP contribution in [0.3, 0.4) is 0 Å². The Morgan fingerprint density at radius 3 is 1.76 bits per heavy atom. The van der Waals surface area contributed by atoms with Gasteiger partial charge >= 0.3 is 0 Å². The molecular weight excluding hydrogens is 1040 g/mol. The molecule has 0 radical (unpaired) electrons. The van der Waals surface area contributed by atoms with E-state index in [0.29, 0.717) is 11.5 Å². The molecule has 0 unspecified atom stereocenters. The van der Waals surface area contributed by atoms with Gasteiger partial charge < -0.3 is 19.1 Å². The minimum absolute atomic E-state index is 0. The zero-order valence-electron chi connectivity index (χ0n) is 41.9. The quantitative estimate of drug-likeness (QED) is 0.128. The van der Waals surface area contributed by atoms with Gasteiger partial charge in [0.05, 0.1) is 0 Å². The van der Waals surface area contributed by atoms with Gasteiger partial charge in [-0.1, -0.05) is 195 Å². The van der Waals surface area contributed by atoms with Crippen LogP contribution in [-0.2, 0) is 42.7 Å². The Kier molecular flexibility index (Phi) is 12.8. The topological polar surface area (TPSA) is 33.5 Å². The number of aromatic nitrogens is 2. The van der Waals surface area contributed by atoms with E-state index in [1.165, 1.54) is 27.8 Å². The molecule has 7 aromatic carbocycles. The first kappa shape index (κ1) is 48.3. The van der Waals surface area contributed by atoms with E-state index < -0.39 is 5.41 Å². The molecule has 2 aromatic heterocycles. The van der Waals surface area contributed by atoms with Gasteiger partial charge in [0.15, 0.2) is 0 Å². The summed E-state index contributed by atoms with van der Waals surface area (Å²) in [7, 11) is 0. The van der Waals surface area contributed by atoms with Crippen LogP contribution in [0.4, 0.5) is 11.4 Å². The standard InChI is InChI=1S/C64H61N4O.Pt/c1-61(2,3)48-30-31-65-59(39-48)68-57-29-21-20-28-55(57)60-56(64(9,10)47-26-18-13-19-27-47)41-54(42-58(60)68)69-53-35-45(44-22-14-11-15-23-44)34-51(40-53)66-32-33-67(43-66)52-37-49(62(4,5)6)36-50(38-52)63(7,8)46-24-16-12-17-25-46;/h11-39,41,43H,1-10H3;/q-3;. The van der Waals surface area contributed by atoms with Gasteiger partial charge in [0.1, 0.15) is 5.82 Å². The van der Waals surface area contributed by atoms with Crippen molar-refractivity contribution in [1.82, 2.24) is 9.55 Å². The average Bonchev–Trinajstić information content (AvgIpc) is 3.98. The fourth-order valence-corrected chi connectivity index (χ4v) is 9.65. The largest absolute Gasteiger partial charge is 0.509 e. The van der Waals surface area contributed by atoms with Crippen molar-refractivity contribution in [2.75, 3.05) is 9.80 Å². The normalized spacial score (nSPS) is 13.3. The van der Waals surface area contributed by atoms with Crippen LogP contribution in [0.25, 0.3) is 38.8 Å². The molecule has 356 valence electrons. The number of nitrogens with zero attached hydrogens (tertiary/aromatic N) is 4. The van der Waals surface area contributed by atoms with Gasteiger partial charge in [0.2, 0.25) is 0 Å². The van der Waals surface area contributed by atoms with Crippen LogP contribution >= 0.6 is 0 Å². The third-order valence-electron chi connectivity index (χ3n) is 14.0. The number of para-hydroxylation sites is 1. The molecule has 1 aliphatic rings. The maximum absolute atomic E-state index is 7.12. The van der Waals surface area contributed by atoms with Crippen molar-refractivity contribution < 1.29 is 25.8 Å². The second kappa shape index (κ2) is 18.6. The molecular formula is C64H61N4OPt-3. The molecule has 0 spiro atoms. The Morgan fingerprint density at radius 2 is 1.09 bits per heavy atom. The summed E-state index contributed by atoms with van der Waals surface area (Å²) in [5, 5.41) is 2.27. The zero-order chi connectivity index (χ0) is 48.3. The molecule has 0 saturated heterocycles. The number of hydrogen-bond donors (Lipinski definition) is 0. The molecule has 0 atom stereocenters. The van der Waals surface area contributed by atoms with E-state index >= 15 is 0 Å². The van der Waals surface area contributed by atoms with E-state index in [1.807, 2.05) is 6.20 Å². The minimum atomic E-state index is -0.414. The van der Waals surface area contributed by atoms with Crippen molar-refractivity contribution in [2.45, 2.75) is 90.9 Å². The molecule has 5 nitrogen and oxygen atoms in total. The third kappa shape index (κ3) is 9.25. The van der Waals surface area contributed by atoms with E-state index in [1.54, 1.807) is 0 Å². The summed E-state index contributed by atoms with van der Waals surface area (Å²) in [5.41, 5.74) is 12.7. The number of anilines is 2. The zero-order valence-corrected chi connectivity index (χ0v) is 44.2. The molecule has 0 bridgehead atoms. The van der Waals surface area contributed by atoms with Crippen molar-refractivity contribution in [1.29, 1.82) is 0 Å². The van der Waals surface area contributed by atoms with Crippen molar-refractivity contribution >= 4 is 33.2 Å². The molecule has 1 aliphatic heterocycles. The molecule has 0 aliphatic carbocycles. The summed E-state index contributed by atoms with van der Waals surface area (Å²) >= 11 is 0. The fourth-order valence-electron chi connectivity index (χ4n) is 9.65. The first-order valence-corrected chi connectivity index (χ1v) is 24.1. The molecule has 0 amide bonds. The summed E-state index contributed by atoms with van der Waals surface area (Å²) in [6, 6.07) is 66.0. The van der Waals surface area contributed by atoms with E-state index in [9.17, 15) is 0 Å². The van der Waals surface area contributed by atoms with E-state index in [0.717, 1.165) is 55.7 Å². The molecule has 0 fully saturated rings. The van der Waals surface area contributed by atoms with Gasteiger partial charge in [0, 0.05) is 55.4 Å². The van der Waals surface area contributed by atoms with Crippen molar-refractivity contribution in [2.24, 2.45) is 0 Å². The van der Waals surface area contributed by atoms with Crippen LogP contribution in [0.1, 0.15) is 103 Å². The van der Waals surface area contributed by atoms with Crippen LogP contribution < -0.4 is 14.5 Å². The van der Waals surface area contributed by atoms with Crippen LogP contribution in [0.5, 0.6) is 11.5 Å². The number of hydrogen-bond acceptors (Lipinski definition) is 4. The van der Waals surface area contributed by atoms with E-state index in [-0.39, 0.29) is 37.3 Å². The molecule has 3 heterocycles. The first-order valence-electron chi connectivity index (χ1n) is 24.1. The summed E-state index contributed by atoms with van der Waals surface area (Å²) in [6.07, 6.45) is 6.16. The first-order chi connectivity index (χ1) is 32.9. The maximum atomic E-state index is 7.12. The molecule has 6 heteroatoms. The Balaban J connectivity index is 0.00000608. The fraction of sp³-hybridized carbons (Fsp3) is 0.219. The van der Waals surface area contributed by atoms with Gasteiger partial charge in [-0.15, -0.1) is 53.8 Å². The number of benzene rings is 7. The van der Waals surface area contributed by atoms with Crippen LogP contribution in [0.15, 0.2) is 182 Å². The molecule has 0 saturated carbocycles. The molecule has 10 rings (SSSR count). The Hall–Kier alpha value is -6.68. The van der Waals surface area contributed by atoms with E-state index in [2.05, 4.69) is 279 Å². The molecule has 0 N–H and O–H groups in total. The Morgan fingerprint density at radius 1 is 0.500 bits per heavy atom. The van der Waals surface area contributed by atoms with E-state index in [4.69, 9.17) is 9.72 Å². The second-order valence-corrected chi connectivity index (χ2v) is 21.6. The van der Waals surface area contributed by atoms with Crippen LogP contribution in [-0.4, -0.2) is 9.55 Å². The predicted octanol–water partition coefficient (Wildman–Crippen LogP) is 16.4. The monoisotopic (exact) mass is 1100 g/mol. The Labute approximate surface area is 429 Å².